The van der Waals surface area contributed by atoms with E-state index >= 15 is 0 Å². The number of fused-ring (bicyclic) bond motifs is 4. The molecule has 4 bridgehead atoms. The number of hydrogen-bond acceptors (Lipinski definition) is 11. The Bertz CT molecular complexity index is 1350. The monoisotopic (exact) mass is 558 g/mol. The normalized spacial score (nSPS) is 51.5. The van der Waals surface area contributed by atoms with Crippen LogP contribution in [0.1, 0.15) is 66.7 Å². The minimum Gasteiger partial charge on any atom is -0.450 e. The molecule has 7 rings (SSSR count). The maximum atomic E-state index is 14.0. The summed E-state index contributed by atoms with van der Waals surface area (Å²) in [5.74, 6) is -8.54. The van der Waals surface area contributed by atoms with Gasteiger partial charge in [-0.25, -0.2) is 4.79 Å². The average molecular weight is 559 g/mol. The van der Waals surface area contributed by atoms with Gasteiger partial charge in [0.05, 0.1) is 24.0 Å². The minimum absolute atomic E-state index is 0.00257. The Hall–Kier alpha value is -2.44. The summed E-state index contributed by atoms with van der Waals surface area (Å²) in [4.78, 5) is 52.3. The van der Waals surface area contributed by atoms with Crippen molar-refractivity contribution in [3.63, 3.8) is 0 Å². The van der Waals surface area contributed by atoms with Gasteiger partial charge in [-0.05, 0) is 52.2 Å². The van der Waals surface area contributed by atoms with Gasteiger partial charge in [0.2, 0.25) is 23.0 Å². The van der Waals surface area contributed by atoms with Crippen molar-refractivity contribution in [1.29, 1.82) is 0 Å². The predicted molar refractivity (Wildman–Crippen MR) is 132 cm³/mol. The van der Waals surface area contributed by atoms with E-state index < -0.39 is 81.5 Å². The Labute approximate surface area is 230 Å². The molecule has 0 amide bonds. The van der Waals surface area contributed by atoms with Gasteiger partial charge in [-0.15, -0.1) is 0 Å². The summed E-state index contributed by atoms with van der Waals surface area (Å²) in [6.07, 6.45) is 1.49. The molecule has 0 aliphatic carbocycles. The highest BCUT2D eigenvalue weighted by Gasteiger charge is 2.91. The highest BCUT2D eigenvalue weighted by Crippen LogP contribution is 2.72. The second-order valence-electron chi connectivity index (χ2n) is 13.6. The van der Waals surface area contributed by atoms with E-state index in [4.69, 9.17) is 23.7 Å². The fraction of sp³-hybridized carbons (Fsp3) is 0.724. The predicted octanol–water partition coefficient (Wildman–Crippen LogP) is 1.38. The third-order valence-corrected chi connectivity index (χ3v) is 10.7. The van der Waals surface area contributed by atoms with E-state index in [1.807, 2.05) is 13.8 Å². The second-order valence-corrected chi connectivity index (χ2v) is 13.6. The van der Waals surface area contributed by atoms with E-state index in [-0.39, 0.29) is 43.6 Å². The Morgan fingerprint density at radius 2 is 1.85 bits per heavy atom. The molecule has 6 saturated heterocycles. The van der Waals surface area contributed by atoms with E-state index in [1.165, 1.54) is 0 Å². The van der Waals surface area contributed by atoms with Gasteiger partial charge in [0.15, 0.2) is 0 Å². The summed E-state index contributed by atoms with van der Waals surface area (Å²) in [6, 6.07) is 0. The Balaban J connectivity index is 1.28. The standard InChI is InChI=1S/C29H34O11/c1-13(8-15-9-14(2)23(33)36-15)21(31)25(5)6-7-26-20(22(32)27(34,12-25)40-26)16-10-17-24(3,4)38-18-11-19(30)39-28(17,18)29(26,35)37-16/h8-9,13,16-18,20,34-35H,6-7,10-12H2,1-5H3/b15-8-/t13-,16+,17-,18+,20-,25-,26+,27+,28+,29+/m0/s1. The molecule has 7 heterocycles. The first-order valence-electron chi connectivity index (χ1n) is 14.0. The third kappa shape index (κ3) is 2.87. The summed E-state index contributed by atoms with van der Waals surface area (Å²) in [6.45, 7) is 8.67. The van der Waals surface area contributed by atoms with Crippen molar-refractivity contribution in [3.8, 4) is 0 Å². The summed E-state index contributed by atoms with van der Waals surface area (Å²) in [5.41, 5.74) is -5.00. The van der Waals surface area contributed by atoms with Crippen LogP contribution in [0.3, 0.4) is 0 Å². The summed E-state index contributed by atoms with van der Waals surface area (Å²) < 4.78 is 29.9. The number of Topliss-reactive ketones (excluding diaryl/α,β-unsaturated/α-hetero) is 2. The van der Waals surface area contributed by atoms with Crippen LogP contribution in [0, 0.1) is 23.2 Å². The molecule has 0 radical (unpaired) electrons. The molecule has 0 aromatic heterocycles. The molecule has 11 heteroatoms. The smallest absolute Gasteiger partial charge is 0.339 e. The van der Waals surface area contributed by atoms with Crippen molar-refractivity contribution >= 4 is 23.5 Å². The van der Waals surface area contributed by atoms with Crippen molar-refractivity contribution in [3.05, 3.63) is 23.5 Å². The molecule has 0 aromatic rings. The zero-order chi connectivity index (χ0) is 28.8. The zero-order valence-electron chi connectivity index (χ0n) is 23.1. The van der Waals surface area contributed by atoms with Gasteiger partial charge >= 0.3 is 11.9 Å². The first-order valence-corrected chi connectivity index (χ1v) is 14.0. The first-order chi connectivity index (χ1) is 18.5. The molecule has 2 N–H and O–H groups in total. The maximum Gasteiger partial charge on any atom is 0.339 e. The molecular weight excluding hydrogens is 524 g/mol. The number of allylic oxidation sites excluding steroid dienone is 2. The van der Waals surface area contributed by atoms with Crippen LogP contribution >= 0.6 is 0 Å². The Morgan fingerprint density at radius 1 is 1.12 bits per heavy atom. The molecule has 6 fully saturated rings. The Kier molecular flexibility index (Phi) is 4.95. The third-order valence-electron chi connectivity index (χ3n) is 10.7. The molecule has 216 valence electrons. The lowest BCUT2D eigenvalue weighted by Gasteiger charge is -2.52. The van der Waals surface area contributed by atoms with Gasteiger partial charge in [-0.3, -0.25) is 14.4 Å². The van der Waals surface area contributed by atoms with Crippen LogP contribution in [0.5, 0.6) is 0 Å². The van der Waals surface area contributed by atoms with Crippen LogP contribution in [0.25, 0.3) is 0 Å². The molecule has 11 nitrogen and oxygen atoms in total. The van der Waals surface area contributed by atoms with Gasteiger partial charge in [-0.2, -0.15) is 0 Å². The number of rotatable bonds is 3. The van der Waals surface area contributed by atoms with E-state index in [9.17, 15) is 29.4 Å². The molecule has 2 spiro atoms. The van der Waals surface area contributed by atoms with Crippen LogP contribution in [-0.4, -0.2) is 74.3 Å². The average Bonchev–Trinajstić information content (AvgIpc) is 3.50. The van der Waals surface area contributed by atoms with Gasteiger partial charge in [-0.1, -0.05) is 13.8 Å². The molecule has 0 unspecified atom stereocenters. The lowest BCUT2D eigenvalue weighted by molar-refractivity contribution is -0.389. The molecular formula is C29H34O11. The highest BCUT2D eigenvalue weighted by molar-refractivity contribution is 5.96. The van der Waals surface area contributed by atoms with Crippen molar-refractivity contribution in [2.45, 2.75) is 107 Å². The second kappa shape index (κ2) is 7.49. The van der Waals surface area contributed by atoms with Crippen molar-refractivity contribution in [2.24, 2.45) is 23.2 Å². The van der Waals surface area contributed by atoms with E-state index in [2.05, 4.69) is 0 Å². The van der Waals surface area contributed by atoms with Crippen molar-refractivity contribution in [1.82, 2.24) is 0 Å². The summed E-state index contributed by atoms with van der Waals surface area (Å²) >= 11 is 0. The van der Waals surface area contributed by atoms with Gasteiger partial charge in [0.1, 0.15) is 23.2 Å². The Morgan fingerprint density at radius 3 is 2.52 bits per heavy atom. The SMILES string of the molecule is CC1=C/C(=C/[C@H](C)C(=O)[C@@]2(C)CC[C@@]34O[C@](O)(C2)C(=O)[C@@H]3[C@H]2C[C@H]3C(C)(C)O[C@@H]5CC(=O)O[C@@]53[C@]4(O)O2)OC1=O. The number of aliphatic hydroxyl groups is 2. The van der Waals surface area contributed by atoms with E-state index in [0.29, 0.717) is 5.57 Å². The quantitative estimate of drug-likeness (QED) is 0.483. The van der Waals surface area contributed by atoms with Crippen LogP contribution in [0.2, 0.25) is 0 Å². The molecule has 10 atom stereocenters. The van der Waals surface area contributed by atoms with Crippen LogP contribution < -0.4 is 0 Å². The van der Waals surface area contributed by atoms with Crippen molar-refractivity contribution in [2.75, 3.05) is 0 Å². The number of esters is 2. The van der Waals surface area contributed by atoms with Crippen LogP contribution in [0.4, 0.5) is 0 Å². The molecule has 0 saturated carbocycles. The van der Waals surface area contributed by atoms with E-state index in [1.54, 1.807) is 32.9 Å². The van der Waals surface area contributed by atoms with E-state index in [0.717, 1.165) is 0 Å². The summed E-state index contributed by atoms with van der Waals surface area (Å²) in [7, 11) is 0. The topological polar surface area (TPSA) is 155 Å². The lowest BCUT2D eigenvalue weighted by atomic mass is 9.63. The molecule has 7 aliphatic rings. The number of ketones is 2. The van der Waals surface area contributed by atoms with Crippen LogP contribution in [-0.2, 0) is 42.9 Å². The minimum atomic E-state index is -2.36. The van der Waals surface area contributed by atoms with Gasteiger partial charge < -0.3 is 33.9 Å². The number of hydrogen-bond donors (Lipinski definition) is 2. The van der Waals surface area contributed by atoms with Crippen LogP contribution in [0.15, 0.2) is 23.5 Å². The number of ether oxygens (including phenoxy) is 5. The lowest BCUT2D eigenvalue weighted by Crippen LogP contribution is -2.73. The summed E-state index contributed by atoms with van der Waals surface area (Å²) in [5, 5.41) is 24.3. The highest BCUT2D eigenvalue weighted by atomic mass is 16.7. The number of carbonyl (C=O) groups is 4. The van der Waals surface area contributed by atoms with Crippen molar-refractivity contribution < 1.29 is 53.1 Å². The van der Waals surface area contributed by atoms with Gasteiger partial charge in [0, 0.05) is 29.2 Å². The molecule has 0 aromatic carbocycles. The number of carbonyl (C=O) groups excluding carboxylic acids is 4. The van der Waals surface area contributed by atoms with Gasteiger partial charge in [0.25, 0.3) is 0 Å². The fourth-order valence-corrected chi connectivity index (χ4v) is 9.05. The number of cyclic esters (lactones) is 1. The zero-order valence-corrected chi connectivity index (χ0v) is 23.1. The largest absolute Gasteiger partial charge is 0.450 e. The first kappa shape index (κ1) is 26.5. The maximum absolute atomic E-state index is 14.0. The molecule has 7 aliphatic heterocycles. The fourth-order valence-electron chi connectivity index (χ4n) is 9.05. The molecule has 40 heavy (non-hydrogen) atoms.